The van der Waals surface area contributed by atoms with E-state index in [9.17, 15) is 4.79 Å². The van der Waals surface area contributed by atoms with Gasteiger partial charge < -0.3 is 5.73 Å². The van der Waals surface area contributed by atoms with Crippen molar-refractivity contribution in [1.29, 1.82) is 0 Å². The van der Waals surface area contributed by atoms with Crippen LogP contribution in [0.4, 0.5) is 0 Å². The normalized spacial score (nSPS) is 11.0. The summed E-state index contributed by atoms with van der Waals surface area (Å²) in [6, 6.07) is 5.88. The van der Waals surface area contributed by atoms with E-state index in [1.165, 1.54) is 23.1 Å². The molecule has 2 N–H and O–H groups in total. The summed E-state index contributed by atoms with van der Waals surface area (Å²) in [5, 5.41) is 1.80. The van der Waals surface area contributed by atoms with Crippen molar-refractivity contribution in [3.63, 3.8) is 0 Å². The number of benzene rings is 1. The summed E-state index contributed by atoms with van der Waals surface area (Å²) in [7, 11) is 0. The number of para-hydroxylation sites is 1. The van der Waals surface area contributed by atoms with Gasteiger partial charge in [-0.1, -0.05) is 6.07 Å². The maximum Gasteiger partial charge on any atom is 0.222 e. The zero-order chi connectivity index (χ0) is 15.7. The molecule has 1 amide bonds. The summed E-state index contributed by atoms with van der Waals surface area (Å²) in [6.45, 7) is 1.88. The van der Waals surface area contributed by atoms with E-state index in [0.717, 1.165) is 35.3 Å². The molecule has 0 aliphatic carbocycles. The highest BCUT2D eigenvalue weighted by Crippen LogP contribution is 2.36. The lowest BCUT2D eigenvalue weighted by atomic mass is 10.2. The number of halogens is 1. The maximum absolute atomic E-state index is 11.1. The van der Waals surface area contributed by atoms with Gasteiger partial charge in [-0.25, -0.2) is 15.0 Å². The number of primary amides is 1. The van der Waals surface area contributed by atoms with Gasteiger partial charge in [-0.15, -0.1) is 11.3 Å². The van der Waals surface area contributed by atoms with Gasteiger partial charge in [0.2, 0.25) is 5.91 Å². The van der Waals surface area contributed by atoms with Crippen LogP contribution in [-0.2, 0) is 11.2 Å². The number of amides is 1. The second-order valence-electron chi connectivity index (χ2n) is 4.55. The van der Waals surface area contributed by atoms with Crippen LogP contribution in [0.5, 0.6) is 0 Å². The van der Waals surface area contributed by atoms with Crippen molar-refractivity contribution in [1.82, 2.24) is 15.0 Å². The van der Waals surface area contributed by atoms with Gasteiger partial charge >= 0.3 is 0 Å². The lowest BCUT2D eigenvalue weighted by Crippen LogP contribution is -2.13. The van der Waals surface area contributed by atoms with Crippen LogP contribution >= 0.6 is 39.0 Å². The Balaban J connectivity index is 1.97. The second kappa shape index (κ2) is 6.31. The SMILES string of the molecule is Cc1nc(Sc2ncnc3c(Br)cccc23)sc1CC(N)=O. The molecule has 3 rings (SSSR count). The standard InChI is InChI=1S/C14H11BrN4OS2/c1-7-10(5-11(16)20)21-14(19-7)22-13-8-3-2-4-9(15)12(8)17-6-18-13/h2-4,6H,5H2,1H3,(H2,16,20). The fourth-order valence-corrected chi connectivity index (χ4v) is 4.66. The molecule has 8 heteroatoms. The number of rotatable bonds is 4. The molecular weight excluding hydrogens is 384 g/mol. The van der Waals surface area contributed by atoms with E-state index in [0.29, 0.717) is 0 Å². The van der Waals surface area contributed by atoms with E-state index >= 15 is 0 Å². The third-order valence-electron chi connectivity index (χ3n) is 2.97. The third kappa shape index (κ3) is 3.13. The Morgan fingerprint density at radius 3 is 3.00 bits per heavy atom. The molecule has 0 saturated carbocycles. The van der Waals surface area contributed by atoms with E-state index in [1.807, 2.05) is 25.1 Å². The topological polar surface area (TPSA) is 81.8 Å². The van der Waals surface area contributed by atoms with Gasteiger partial charge in [-0.3, -0.25) is 4.79 Å². The van der Waals surface area contributed by atoms with Crippen molar-refractivity contribution in [2.24, 2.45) is 5.73 Å². The summed E-state index contributed by atoms with van der Waals surface area (Å²) in [6.07, 6.45) is 1.76. The Hall–Kier alpha value is -1.51. The van der Waals surface area contributed by atoms with Gasteiger partial charge in [0, 0.05) is 14.7 Å². The predicted molar refractivity (Wildman–Crippen MR) is 91.1 cm³/mol. The van der Waals surface area contributed by atoms with Crippen molar-refractivity contribution < 1.29 is 4.79 Å². The number of hydrogen-bond acceptors (Lipinski definition) is 6. The van der Waals surface area contributed by atoms with E-state index < -0.39 is 0 Å². The first kappa shape index (κ1) is 15.4. The molecule has 112 valence electrons. The van der Waals surface area contributed by atoms with E-state index in [2.05, 4.69) is 30.9 Å². The first-order valence-corrected chi connectivity index (χ1v) is 8.79. The van der Waals surface area contributed by atoms with Crippen molar-refractivity contribution in [2.45, 2.75) is 22.7 Å². The van der Waals surface area contributed by atoms with Crippen LogP contribution in [-0.4, -0.2) is 20.9 Å². The van der Waals surface area contributed by atoms with Crippen LogP contribution < -0.4 is 5.73 Å². The van der Waals surface area contributed by atoms with E-state index in [4.69, 9.17) is 5.73 Å². The zero-order valence-corrected chi connectivity index (χ0v) is 14.8. The number of carbonyl (C=O) groups is 1. The summed E-state index contributed by atoms with van der Waals surface area (Å²) in [5.41, 5.74) is 6.96. The monoisotopic (exact) mass is 394 g/mol. The Labute approximate surface area is 143 Å². The number of hydrogen-bond donors (Lipinski definition) is 1. The molecule has 2 heterocycles. The van der Waals surface area contributed by atoms with Crippen LogP contribution in [0.2, 0.25) is 0 Å². The minimum Gasteiger partial charge on any atom is -0.369 e. The molecule has 0 unspecified atom stereocenters. The highest BCUT2D eigenvalue weighted by molar-refractivity contribution is 9.10. The third-order valence-corrected chi connectivity index (χ3v) is 5.85. The van der Waals surface area contributed by atoms with Crippen molar-refractivity contribution in [3.8, 4) is 0 Å². The number of thiazole rings is 1. The fourth-order valence-electron chi connectivity index (χ4n) is 1.96. The summed E-state index contributed by atoms with van der Waals surface area (Å²) in [5.74, 6) is -0.347. The molecule has 1 aromatic carbocycles. The van der Waals surface area contributed by atoms with Crippen LogP contribution in [0.1, 0.15) is 10.6 Å². The second-order valence-corrected chi connectivity index (χ2v) is 7.72. The highest BCUT2D eigenvalue weighted by atomic mass is 79.9. The van der Waals surface area contributed by atoms with E-state index in [-0.39, 0.29) is 12.3 Å². The molecule has 0 saturated heterocycles. The van der Waals surface area contributed by atoms with Gasteiger partial charge in [0.05, 0.1) is 17.6 Å². The van der Waals surface area contributed by atoms with Gasteiger partial charge in [-0.2, -0.15) is 0 Å². The maximum atomic E-state index is 11.1. The molecule has 0 fully saturated rings. The van der Waals surface area contributed by atoms with Crippen molar-refractivity contribution in [2.75, 3.05) is 0 Å². The molecule has 2 aromatic heterocycles. The molecule has 0 atom stereocenters. The molecule has 0 bridgehead atoms. The number of carbonyl (C=O) groups excluding carboxylic acids is 1. The smallest absolute Gasteiger partial charge is 0.222 e. The lowest BCUT2D eigenvalue weighted by Gasteiger charge is -2.03. The fraction of sp³-hybridized carbons (Fsp3) is 0.143. The molecule has 22 heavy (non-hydrogen) atoms. The molecule has 0 aliphatic heterocycles. The van der Waals surface area contributed by atoms with E-state index in [1.54, 1.807) is 6.33 Å². The molecule has 5 nitrogen and oxygen atoms in total. The van der Waals surface area contributed by atoms with Crippen LogP contribution in [0.15, 0.2) is 38.4 Å². The molecular formula is C14H11BrN4OS2. The Morgan fingerprint density at radius 2 is 2.23 bits per heavy atom. The average molecular weight is 395 g/mol. The van der Waals surface area contributed by atoms with Crippen molar-refractivity contribution in [3.05, 3.63) is 39.6 Å². The average Bonchev–Trinajstić information content (AvgIpc) is 2.79. The van der Waals surface area contributed by atoms with Crippen molar-refractivity contribution >= 4 is 55.8 Å². The van der Waals surface area contributed by atoms with Gasteiger partial charge in [-0.05, 0) is 46.7 Å². The number of nitrogens with zero attached hydrogens (tertiary/aromatic N) is 3. The number of aryl methyl sites for hydroxylation is 1. The first-order valence-electron chi connectivity index (χ1n) is 6.36. The van der Waals surface area contributed by atoms with Crippen LogP contribution in [0.25, 0.3) is 10.9 Å². The Bertz CT molecular complexity index is 865. The summed E-state index contributed by atoms with van der Waals surface area (Å²) >= 11 is 6.44. The molecule has 0 radical (unpaired) electrons. The minimum atomic E-state index is -0.347. The summed E-state index contributed by atoms with van der Waals surface area (Å²) in [4.78, 5) is 25.1. The minimum absolute atomic E-state index is 0.222. The molecule has 0 aliphatic rings. The number of nitrogens with two attached hydrogens (primary N) is 1. The largest absolute Gasteiger partial charge is 0.369 e. The predicted octanol–water partition coefficient (Wildman–Crippen LogP) is 3.34. The zero-order valence-electron chi connectivity index (χ0n) is 11.5. The quantitative estimate of drug-likeness (QED) is 0.686. The molecule has 3 aromatic rings. The van der Waals surface area contributed by atoms with Gasteiger partial charge in [0.15, 0.2) is 4.34 Å². The first-order chi connectivity index (χ1) is 10.5. The van der Waals surface area contributed by atoms with Crippen LogP contribution in [0.3, 0.4) is 0 Å². The van der Waals surface area contributed by atoms with Gasteiger partial charge in [0.25, 0.3) is 0 Å². The molecule has 0 spiro atoms. The highest BCUT2D eigenvalue weighted by Gasteiger charge is 2.14. The number of fused-ring (bicyclic) bond motifs is 1. The van der Waals surface area contributed by atoms with Crippen LogP contribution in [0, 0.1) is 6.92 Å². The Kier molecular flexibility index (Phi) is 4.42. The summed E-state index contributed by atoms with van der Waals surface area (Å²) < 4.78 is 1.77. The Morgan fingerprint density at radius 1 is 1.41 bits per heavy atom. The lowest BCUT2D eigenvalue weighted by molar-refractivity contribution is -0.117. The van der Waals surface area contributed by atoms with Gasteiger partial charge in [0.1, 0.15) is 11.4 Å². The number of aromatic nitrogens is 3.